The van der Waals surface area contributed by atoms with E-state index in [0.29, 0.717) is 5.56 Å². The van der Waals surface area contributed by atoms with Crippen molar-refractivity contribution in [1.82, 2.24) is 10.3 Å². The van der Waals surface area contributed by atoms with Crippen molar-refractivity contribution in [3.8, 4) is 0 Å². The summed E-state index contributed by atoms with van der Waals surface area (Å²) in [4.78, 5) is 15.7. The Labute approximate surface area is 107 Å². The van der Waals surface area contributed by atoms with Crippen molar-refractivity contribution in [2.75, 3.05) is 7.11 Å². The fourth-order valence-electron chi connectivity index (χ4n) is 1.74. The molecule has 0 aromatic carbocycles. The number of nitrogens with zero attached hydrogens (tertiary/aromatic N) is 1. The van der Waals surface area contributed by atoms with Crippen LogP contribution < -0.4 is 5.32 Å². The quantitative estimate of drug-likeness (QED) is 0.816. The summed E-state index contributed by atoms with van der Waals surface area (Å²) >= 11 is 0. The summed E-state index contributed by atoms with van der Waals surface area (Å²) < 4.78 is 18.0. The van der Waals surface area contributed by atoms with Crippen molar-refractivity contribution in [3.05, 3.63) is 29.8 Å². The molecule has 0 aliphatic rings. The summed E-state index contributed by atoms with van der Waals surface area (Å²) in [5.41, 5.74) is -0.645. The molecule has 0 aliphatic heterocycles. The smallest absolute Gasteiger partial charge is 0.330 e. The van der Waals surface area contributed by atoms with Crippen LogP contribution >= 0.6 is 0 Å². The Morgan fingerprint density at radius 3 is 2.78 bits per heavy atom. The molecule has 0 bridgehead atoms. The second-order valence-corrected chi connectivity index (χ2v) is 4.46. The first-order chi connectivity index (χ1) is 8.43. The highest BCUT2D eigenvalue weighted by molar-refractivity contribution is 5.82. The van der Waals surface area contributed by atoms with Crippen molar-refractivity contribution in [1.29, 1.82) is 0 Å². The largest absolute Gasteiger partial charge is 0.467 e. The molecule has 0 amide bonds. The van der Waals surface area contributed by atoms with Crippen LogP contribution in [-0.2, 0) is 15.1 Å². The van der Waals surface area contributed by atoms with E-state index in [4.69, 9.17) is 4.74 Å². The predicted molar refractivity (Wildman–Crippen MR) is 66.5 cm³/mol. The van der Waals surface area contributed by atoms with E-state index in [-0.39, 0.29) is 6.04 Å². The van der Waals surface area contributed by atoms with Crippen molar-refractivity contribution in [3.63, 3.8) is 0 Å². The molecule has 0 fully saturated rings. The van der Waals surface area contributed by atoms with E-state index in [1.807, 2.05) is 13.8 Å². The van der Waals surface area contributed by atoms with Crippen LogP contribution in [0.1, 0.15) is 32.8 Å². The van der Waals surface area contributed by atoms with E-state index < -0.39 is 17.3 Å². The number of hydrogen-bond acceptors (Lipinski definition) is 4. The monoisotopic (exact) mass is 254 g/mol. The number of rotatable bonds is 5. The van der Waals surface area contributed by atoms with Crippen LogP contribution in [0.5, 0.6) is 0 Å². The van der Waals surface area contributed by atoms with Gasteiger partial charge in [0.25, 0.3) is 0 Å². The van der Waals surface area contributed by atoms with Crippen LogP contribution in [0.3, 0.4) is 0 Å². The van der Waals surface area contributed by atoms with Crippen LogP contribution in [-0.4, -0.2) is 24.1 Å². The molecule has 0 saturated heterocycles. The molecule has 4 nitrogen and oxygen atoms in total. The number of ether oxygens (including phenoxy) is 1. The molecular weight excluding hydrogens is 235 g/mol. The van der Waals surface area contributed by atoms with Crippen LogP contribution in [0, 0.1) is 5.82 Å². The van der Waals surface area contributed by atoms with Gasteiger partial charge in [-0.2, -0.15) is 0 Å². The Kier molecular flexibility index (Phi) is 4.78. The standard InChI is InChI=1S/C13H19FN2O2/c1-5-9(2)16-13(3,12(17)18-4)10-6-11(14)8-15-7-10/h6-9,16H,5H2,1-4H3. The predicted octanol–water partition coefficient (Wildman–Crippen LogP) is 2.00. The van der Waals surface area contributed by atoms with Crippen LogP contribution in [0.15, 0.2) is 18.5 Å². The molecule has 0 aliphatic carbocycles. The van der Waals surface area contributed by atoms with E-state index in [9.17, 15) is 9.18 Å². The van der Waals surface area contributed by atoms with Crippen LogP contribution in [0.2, 0.25) is 0 Å². The fraction of sp³-hybridized carbons (Fsp3) is 0.538. The molecule has 1 aromatic rings. The highest BCUT2D eigenvalue weighted by Gasteiger charge is 2.37. The van der Waals surface area contributed by atoms with Gasteiger partial charge >= 0.3 is 5.97 Å². The summed E-state index contributed by atoms with van der Waals surface area (Å²) in [5.74, 6) is -0.941. The number of carbonyl (C=O) groups excluding carboxylic acids is 1. The van der Waals surface area contributed by atoms with Gasteiger partial charge in [0.15, 0.2) is 0 Å². The Bertz CT molecular complexity index is 425. The molecule has 1 rings (SSSR count). The van der Waals surface area contributed by atoms with Crippen molar-refractivity contribution in [2.24, 2.45) is 0 Å². The Morgan fingerprint density at radius 2 is 2.28 bits per heavy atom. The minimum absolute atomic E-state index is 0.0948. The molecule has 100 valence electrons. The zero-order chi connectivity index (χ0) is 13.8. The minimum Gasteiger partial charge on any atom is -0.467 e. The third-order valence-corrected chi connectivity index (χ3v) is 3.02. The van der Waals surface area contributed by atoms with Gasteiger partial charge in [-0.1, -0.05) is 6.92 Å². The zero-order valence-corrected chi connectivity index (χ0v) is 11.2. The maximum atomic E-state index is 13.2. The number of hydrogen-bond donors (Lipinski definition) is 1. The molecule has 1 aromatic heterocycles. The molecule has 0 saturated carbocycles. The molecule has 18 heavy (non-hydrogen) atoms. The highest BCUT2D eigenvalue weighted by Crippen LogP contribution is 2.23. The number of halogens is 1. The van der Waals surface area contributed by atoms with E-state index >= 15 is 0 Å². The average molecular weight is 254 g/mol. The second-order valence-electron chi connectivity index (χ2n) is 4.46. The van der Waals surface area contributed by atoms with Gasteiger partial charge in [-0.25, -0.2) is 9.18 Å². The van der Waals surface area contributed by atoms with E-state index in [1.165, 1.54) is 19.4 Å². The van der Waals surface area contributed by atoms with E-state index in [0.717, 1.165) is 12.6 Å². The number of methoxy groups -OCH3 is 1. The SMILES string of the molecule is CCC(C)NC(C)(C(=O)OC)c1cncc(F)c1. The average Bonchev–Trinajstić information content (AvgIpc) is 2.37. The van der Waals surface area contributed by atoms with Crippen molar-refractivity contribution in [2.45, 2.75) is 38.8 Å². The van der Waals surface area contributed by atoms with Crippen LogP contribution in [0.4, 0.5) is 4.39 Å². The maximum absolute atomic E-state index is 13.2. The first kappa shape index (κ1) is 14.6. The number of esters is 1. The fourth-order valence-corrected chi connectivity index (χ4v) is 1.74. The van der Waals surface area contributed by atoms with Gasteiger partial charge in [-0.05, 0) is 26.3 Å². The summed E-state index contributed by atoms with van der Waals surface area (Å²) in [6.07, 6.45) is 3.41. The Balaban J connectivity index is 3.15. The lowest BCUT2D eigenvalue weighted by atomic mass is 9.92. The summed E-state index contributed by atoms with van der Waals surface area (Å²) in [6, 6.07) is 1.39. The van der Waals surface area contributed by atoms with Gasteiger partial charge in [0.1, 0.15) is 11.4 Å². The molecule has 5 heteroatoms. The molecule has 1 N–H and O–H groups in total. The first-order valence-electron chi connectivity index (χ1n) is 5.91. The zero-order valence-electron chi connectivity index (χ0n) is 11.2. The summed E-state index contributed by atoms with van der Waals surface area (Å²) in [7, 11) is 1.31. The molecule has 1 heterocycles. The van der Waals surface area contributed by atoms with Gasteiger partial charge in [0.05, 0.1) is 13.3 Å². The molecule has 0 radical (unpaired) electrons. The lowest BCUT2D eigenvalue weighted by molar-refractivity contribution is -0.148. The third kappa shape index (κ3) is 3.04. The lowest BCUT2D eigenvalue weighted by Gasteiger charge is -2.31. The highest BCUT2D eigenvalue weighted by atomic mass is 19.1. The van der Waals surface area contributed by atoms with Gasteiger partial charge in [-0.3, -0.25) is 10.3 Å². The van der Waals surface area contributed by atoms with E-state index in [1.54, 1.807) is 6.92 Å². The molecule has 0 spiro atoms. The van der Waals surface area contributed by atoms with Gasteiger partial charge in [0, 0.05) is 17.8 Å². The maximum Gasteiger partial charge on any atom is 0.330 e. The second kappa shape index (κ2) is 5.91. The number of carbonyl (C=O) groups is 1. The Morgan fingerprint density at radius 1 is 1.61 bits per heavy atom. The van der Waals surface area contributed by atoms with Crippen LogP contribution in [0.25, 0.3) is 0 Å². The Hall–Kier alpha value is -1.49. The molecule has 2 atom stereocenters. The number of aromatic nitrogens is 1. The van der Waals surface area contributed by atoms with Gasteiger partial charge in [0.2, 0.25) is 0 Å². The third-order valence-electron chi connectivity index (χ3n) is 3.02. The summed E-state index contributed by atoms with van der Waals surface area (Å²) in [6.45, 7) is 5.62. The normalized spacial score (nSPS) is 15.8. The topological polar surface area (TPSA) is 51.2 Å². The number of pyridine rings is 1. The number of nitrogens with one attached hydrogen (secondary N) is 1. The first-order valence-corrected chi connectivity index (χ1v) is 5.91. The molecular formula is C13H19FN2O2. The van der Waals surface area contributed by atoms with Crippen molar-refractivity contribution < 1.29 is 13.9 Å². The van der Waals surface area contributed by atoms with E-state index in [2.05, 4.69) is 10.3 Å². The van der Waals surface area contributed by atoms with Gasteiger partial charge in [-0.15, -0.1) is 0 Å². The minimum atomic E-state index is -1.10. The van der Waals surface area contributed by atoms with Crippen molar-refractivity contribution >= 4 is 5.97 Å². The lowest BCUT2D eigenvalue weighted by Crippen LogP contribution is -2.51. The van der Waals surface area contributed by atoms with Gasteiger partial charge < -0.3 is 4.74 Å². The molecule has 2 unspecified atom stereocenters. The summed E-state index contributed by atoms with van der Waals surface area (Å²) in [5, 5.41) is 3.16.